The van der Waals surface area contributed by atoms with Gasteiger partial charge in [-0.3, -0.25) is 14.0 Å². The van der Waals surface area contributed by atoms with E-state index in [0.717, 1.165) is 5.69 Å². The molecular formula is C20H23N5O3. The molecule has 0 atom stereocenters. The number of aromatic nitrogens is 2. The summed E-state index contributed by atoms with van der Waals surface area (Å²) in [5.41, 5.74) is 2.43. The number of hydrogen-bond donors (Lipinski definition) is 2. The Balaban J connectivity index is 1.85. The molecule has 0 spiro atoms. The third-order valence-corrected chi connectivity index (χ3v) is 4.20. The van der Waals surface area contributed by atoms with Gasteiger partial charge < -0.3 is 20.3 Å². The van der Waals surface area contributed by atoms with E-state index >= 15 is 0 Å². The fourth-order valence-electron chi connectivity index (χ4n) is 2.75. The highest BCUT2D eigenvalue weighted by Gasteiger charge is 2.21. The molecule has 0 radical (unpaired) electrons. The van der Waals surface area contributed by atoms with Crippen molar-refractivity contribution in [3.8, 4) is 0 Å². The number of anilines is 2. The second-order valence-electron chi connectivity index (χ2n) is 6.38. The van der Waals surface area contributed by atoms with Crippen molar-refractivity contribution in [3.05, 3.63) is 60.2 Å². The standard InChI is InChI=1S/C20H23N5O3/c1-24(2)15-9-7-14(8-10-15)22-20(27)18-23-17(19(26)21-11-13-28-3)16-6-4-5-12-25(16)18/h4-10,12H,11,13H2,1-3H3,(H,21,26)(H,22,27). The predicted molar refractivity (Wildman–Crippen MR) is 108 cm³/mol. The molecule has 3 aromatic rings. The van der Waals surface area contributed by atoms with E-state index in [4.69, 9.17) is 4.74 Å². The number of nitrogens with one attached hydrogen (secondary N) is 2. The Hall–Kier alpha value is -3.39. The first-order valence-electron chi connectivity index (χ1n) is 8.84. The van der Waals surface area contributed by atoms with Crippen LogP contribution in [0.1, 0.15) is 21.1 Å². The summed E-state index contributed by atoms with van der Waals surface area (Å²) in [6, 6.07) is 12.8. The number of carbonyl (C=O) groups excluding carboxylic acids is 2. The summed E-state index contributed by atoms with van der Waals surface area (Å²) in [5.74, 6) is -0.603. The third-order valence-electron chi connectivity index (χ3n) is 4.20. The summed E-state index contributed by atoms with van der Waals surface area (Å²) < 4.78 is 6.55. The van der Waals surface area contributed by atoms with Gasteiger partial charge in [0.2, 0.25) is 5.82 Å². The Morgan fingerprint density at radius 1 is 1.11 bits per heavy atom. The Labute approximate surface area is 163 Å². The zero-order valence-electron chi connectivity index (χ0n) is 16.1. The smallest absolute Gasteiger partial charge is 0.292 e. The van der Waals surface area contributed by atoms with Crippen molar-refractivity contribution in [2.24, 2.45) is 0 Å². The van der Waals surface area contributed by atoms with Gasteiger partial charge >= 0.3 is 0 Å². The molecule has 0 bridgehead atoms. The summed E-state index contributed by atoms with van der Waals surface area (Å²) in [5, 5.41) is 5.56. The molecule has 1 aromatic carbocycles. The van der Waals surface area contributed by atoms with Gasteiger partial charge in [-0.25, -0.2) is 4.98 Å². The van der Waals surface area contributed by atoms with Gasteiger partial charge in [-0.2, -0.15) is 0 Å². The number of benzene rings is 1. The first-order valence-corrected chi connectivity index (χ1v) is 8.84. The van der Waals surface area contributed by atoms with Gasteiger partial charge in [0, 0.05) is 45.3 Å². The zero-order valence-corrected chi connectivity index (χ0v) is 16.1. The maximum Gasteiger partial charge on any atom is 0.292 e. The molecule has 2 amide bonds. The molecule has 2 heterocycles. The molecule has 0 aliphatic rings. The minimum Gasteiger partial charge on any atom is -0.383 e. The number of rotatable bonds is 7. The molecule has 3 rings (SSSR count). The van der Waals surface area contributed by atoms with E-state index in [1.807, 2.05) is 43.3 Å². The van der Waals surface area contributed by atoms with E-state index in [9.17, 15) is 9.59 Å². The lowest BCUT2D eigenvalue weighted by Gasteiger charge is -2.12. The van der Waals surface area contributed by atoms with Crippen LogP contribution in [0.3, 0.4) is 0 Å². The van der Waals surface area contributed by atoms with E-state index in [-0.39, 0.29) is 17.4 Å². The zero-order chi connectivity index (χ0) is 20.1. The number of imidazole rings is 1. The monoisotopic (exact) mass is 381 g/mol. The average molecular weight is 381 g/mol. The third kappa shape index (κ3) is 4.12. The lowest BCUT2D eigenvalue weighted by Crippen LogP contribution is -2.27. The van der Waals surface area contributed by atoms with Crippen molar-refractivity contribution in [3.63, 3.8) is 0 Å². The Bertz CT molecular complexity index is 979. The van der Waals surface area contributed by atoms with E-state index in [1.54, 1.807) is 35.9 Å². The maximum absolute atomic E-state index is 12.8. The highest BCUT2D eigenvalue weighted by atomic mass is 16.5. The van der Waals surface area contributed by atoms with Crippen LogP contribution in [0.25, 0.3) is 5.52 Å². The predicted octanol–water partition coefficient (Wildman–Crippen LogP) is 2.03. The van der Waals surface area contributed by atoms with Gasteiger partial charge in [-0.05, 0) is 36.4 Å². The topological polar surface area (TPSA) is 88.0 Å². The van der Waals surface area contributed by atoms with Crippen molar-refractivity contribution in [2.45, 2.75) is 0 Å². The SMILES string of the molecule is COCCNC(=O)c1nc(C(=O)Nc2ccc(N(C)C)cc2)n2ccccc12. The normalized spacial score (nSPS) is 10.7. The van der Waals surface area contributed by atoms with Gasteiger partial charge in [0.1, 0.15) is 0 Å². The molecule has 2 N–H and O–H groups in total. The Morgan fingerprint density at radius 3 is 2.54 bits per heavy atom. The van der Waals surface area contributed by atoms with E-state index in [2.05, 4.69) is 15.6 Å². The first-order chi connectivity index (χ1) is 13.5. The Morgan fingerprint density at radius 2 is 1.86 bits per heavy atom. The van der Waals surface area contributed by atoms with Gasteiger partial charge in [0.25, 0.3) is 11.8 Å². The molecule has 0 unspecified atom stereocenters. The number of pyridine rings is 1. The maximum atomic E-state index is 12.8. The van der Waals surface area contributed by atoms with E-state index in [1.165, 1.54) is 0 Å². The quantitative estimate of drug-likeness (QED) is 0.612. The van der Waals surface area contributed by atoms with Crippen molar-refractivity contribution in [1.29, 1.82) is 0 Å². The van der Waals surface area contributed by atoms with Crippen LogP contribution in [0.5, 0.6) is 0 Å². The Kier molecular flexibility index (Phi) is 5.90. The molecule has 28 heavy (non-hydrogen) atoms. The average Bonchev–Trinajstić information content (AvgIpc) is 3.08. The second-order valence-corrected chi connectivity index (χ2v) is 6.38. The van der Waals surface area contributed by atoms with Crippen LogP contribution in [0, 0.1) is 0 Å². The molecule has 0 saturated carbocycles. The van der Waals surface area contributed by atoms with Crippen LogP contribution in [-0.4, -0.2) is 55.6 Å². The van der Waals surface area contributed by atoms with Crippen LogP contribution in [-0.2, 0) is 4.74 Å². The molecule has 8 heteroatoms. The number of hydrogen-bond acceptors (Lipinski definition) is 5. The molecule has 2 aromatic heterocycles. The number of amides is 2. The summed E-state index contributed by atoms with van der Waals surface area (Å²) in [6.45, 7) is 0.759. The number of methoxy groups -OCH3 is 1. The van der Waals surface area contributed by atoms with Gasteiger partial charge in [0.15, 0.2) is 5.69 Å². The molecule has 146 valence electrons. The minimum absolute atomic E-state index is 0.143. The van der Waals surface area contributed by atoms with E-state index in [0.29, 0.717) is 24.4 Å². The highest BCUT2D eigenvalue weighted by molar-refractivity contribution is 6.06. The molecule has 0 aliphatic heterocycles. The number of nitrogens with zero attached hydrogens (tertiary/aromatic N) is 3. The van der Waals surface area contributed by atoms with Crippen LogP contribution < -0.4 is 15.5 Å². The van der Waals surface area contributed by atoms with E-state index < -0.39 is 5.91 Å². The molecule has 8 nitrogen and oxygen atoms in total. The van der Waals surface area contributed by atoms with Crippen molar-refractivity contribution in [1.82, 2.24) is 14.7 Å². The van der Waals surface area contributed by atoms with Crippen LogP contribution in [0.4, 0.5) is 11.4 Å². The lowest BCUT2D eigenvalue weighted by atomic mass is 10.2. The number of carbonyl (C=O) groups is 2. The summed E-state index contributed by atoms with van der Waals surface area (Å²) in [7, 11) is 5.46. The molecule has 0 aliphatic carbocycles. The first kappa shape index (κ1) is 19.4. The molecular weight excluding hydrogens is 358 g/mol. The fraction of sp³-hybridized carbons (Fsp3) is 0.250. The summed E-state index contributed by atoms with van der Waals surface area (Å²) >= 11 is 0. The summed E-state index contributed by atoms with van der Waals surface area (Å²) in [4.78, 5) is 31.5. The van der Waals surface area contributed by atoms with Gasteiger partial charge in [-0.15, -0.1) is 0 Å². The fourth-order valence-corrected chi connectivity index (χ4v) is 2.75. The second kappa shape index (κ2) is 8.53. The minimum atomic E-state index is -0.394. The van der Waals surface area contributed by atoms with Crippen molar-refractivity contribution >= 4 is 28.7 Å². The van der Waals surface area contributed by atoms with Crippen LogP contribution in [0.15, 0.2) is 48.7 Å². The number of fused-ring (bicyclic) bond motifs is 1. The van der Waals surface area contributed by atoms with Crippen LogP contribution >= 0.6 is 0 Å². The number of ether oxygens (including phenoxy) is 1. The van der Waals surface area contributed by atoms with Crippen LogP contribution in [0.2, 0.25) is 0 Å². The van der Waals surface area contributed by atoms with Crippen molar-refractivity contribution < 1.29 is 14.3 Å². The molecule has 0 fully saturated rings. The largest absolute Gasteiger partial charge is 0.383 e. The van der Waals surface area contributed by atoms with Gasteiger partial charge in [-0.1, -0.05) is 6.07 Å². The van der Waals surface area contributed by atoms with Gasteiger partial charge in [0.05, 0.1) is 12.1 Å². The van der Waals surface area contributed by atoms with Crippen molar-refractivity contribution in [2.75, 3.05) is 44.6 Å². The highest BCUT2D eigenvalue weighted by Crippen LogP contribution is 2.18. The molecule has 0 saturated heterocycles. The lowest BCUT2D eigenvalue weighted by molar-refractivity contribution is 0.0934. The summed E-state index contributed by atoms with van der Waals surface area (Å²) in [6.07, 6.45) is 1.71.